The molecule has 0 aliphatic heterocycles. The maximum Gasteiger partial charge on any atom is 0.159 e. The van der Waals surface area contributed by atoms with E-state index in [-0.39, 0.29) is 0 Å². The Kier molecular flexibility index (Phi) is 4.38. The largest absolute Gasteiger partial charge is 0.320 e. The minimum absolute atomic E-state index is 0.518. The van der Waals surface area contributed by atoms with Crippen LogP contribution < -0.4 is 5.32 Å². The summed E-state index contributed by atoms with van der Waals surface area (Å²) in [5.74, 6) is 0.698. The number of aliphatic imine (C=N–C) groups is 1. The average molecular weight is 326 g/mol. The third-order valence-corrected chi connectivity index (χ3v) is 2.82. The Labute approximate surface area is 119 Å². The third-order valence-electron chi connectivity index (χ3n) is 2.12. The maximum absolute atomic E-state index is 4.29. The average Bonchev–Trinajstić information content (AvgIpc) is 2.73. The van der Waals surface area contributed by atoms with Gasteiger partial charge in [0.25, 0.3) is 0 Å². The van der Waals surface area contributed by atoms with E-state index in [0.29, 0.717) is 17.5 Å². The van der Waals surface area contributed by atoms with E-state index in [9.17, 15) is 0 Å². The second-order valence-electron chi connectivity index (χ2n) is 3.63. The normalized spacial score (nSPS) is 11.6. The van der Waals surface area contributed by atoms with Gasteiger partial charge in [-0.2, -0.15) is 5.10 Å². The molecule has 0 bridgehead atoms. The van der Waals surface area contributed by atoms with Gasteiger partial charge in [-0.3, -0.25) is 9.67 Å². The lowest BCUT2D eigenvalue weighted by atomic mass is 10.4. The Morgan fingerprint density at radius 1 is 1.56 bits per heavy atom. The highest BCUT2D eigenvalue weighted by Gasteiger charge is 1.98. The lowest BCUT2D eigenvalue weighted by Gasteiger charge is -2.03. The van der Waals surface area contributed by atoms with Crippen molar-refractivity contribution in [3.63, 3.8) is 0 Å². The molecule has 0 saturated carbocycles. The fourth-order valence-corrected chi connectivity index (χ4v) is 1.88. The van der Waals surface area contributed by atoms with Gasteiger partial charge in [0.2, 0.25) is 0 Å². The zero-order valence-corrected chi connectivity index (χ0v) is 12.2. The molecular formula is C11H12BrN5S. The van der Waals surface area contributed by atoms with E-state index in [1.165, 1.54) is 0 Å². The Hall–Kier alpha value is -1.34. The first kappa shape index (κ1) is 13.1. The second-order valence-corrected chi connectivity index (χ2v) is 4.87. The van der Waals surface area contributed by atoms with Crippen molar-refractivity contribution >= 4 is 39.5 Å². The zero-order valence-electron chi connectivity index (χ0n) is 9.71. The summed E-state index contributed by atoms with van der Waals surface area (Å²) < 4.78 is 2.51. The Balaban J connectivity index is 1.97. The number of aryl methyl sites for hydroxylation is 1. The van der Waals surface area contributed by atoms with Gasteiger partial charge in [-0.1, -0.05) is 6.07 Å². The van der Waals surface area contributed by atoms with Crippen LogP contribution in [0.1, 0.15) is 5.56 Å². The van der Waals surface area contributed by atoms with Gasteiger partial charge in [-0.25, -0.2) is 4.98 Å². The van der Waals surface area contributed by atoms with Crippen LogP contribution in [0, 0.1) is 0 Å². The topological polar surface area (TPSA) is 55.1 Å². The van der Waals surface area contributed by atoms with E-state index in [1.54, 1.807) is 10.9 Å². The summed E-state index contributed by atoms with van der Waals surface area (Å²) in [6.45, 7) is 0.535. The van der Waals surface area contributed by atoms with Gasteiger partial charge in [0.15, 0.2) is 5.17 Å². The van der Waals surface area contributed by atoms with Crippen molar-refractivity contribution in [3.05, 3.63) is 40.8 Å². The molecule has 0 saturated heterocycles. The van der Waals surface area contributed by atoms with Crippen LogP contribution in [0.2, 0.25) is 0 Å². The minimum Gasteiger partial charge on any atom is -0.320 e. The monoisotopic (exact) mass is 325 g/mol. The maximum atomic E-state index is 4.29. The number of nitrogens with zero attached hydrogens (tertiary/aromatic N) is 4. The number of hydrogen-bond donors (Lipinski definition) is 2. The highest BCUT2D eigenvalue weighted by atomic mass is 79.9. The first-order valence-electron chi connectivity index (χ1n) is 5.24. The fraction of sp³-hybridized carbons (Fsp3) is 0.182. The van der Waals surface area contributed by atoms with Crippen LogP contribution >= 0.6 is 28.6 Å². The van der Waals surface area contributed by atoms with Gasteiger partial charge in [-0.05, 0) is 28.1 Å². The zero-order chi connectivity index (χ0) is 13.0. The number of thiol groups is 1. The predicted octanol–water partition coefficient (Wildman–Crippen LogP) is 2.48. The summed E-state index contributed by atoms with van der Waals surface area (Å²) in [6, 6.07) is 5.60. The van der Waals surface area contributed by atoms with Crippen molar-refractivity contribution in [3.8, 4) is 0 Å². The van der Waals surface area contributed by atoms with Gasteiger partial charge >= 0.3 is 0 Å². The molecule has 0 atom stereocenters. The molecule has 0 aromatic carbocycles. The van der Waals surface area contributed by atoms with Crippen LogP contribution in [0.4, 0.5) is 5.82 Å². The molecule has 1 N–H and O–H groups in total. The molecule has 5 nitrogen and oxygen atoms in total. The van der Waals surface area contributed by atoms with Crippen LogP contribution in [-0.2, 0) is 13.6 Å². The molecule has 0 amide bonds. The van der Waals surface area contributed by atoms with E-state index in [4.69, 9.17) is 0 Å². The van der Waals surface area contributed by atoms with Crippen molar-refractivity contribution in [2.45, 2.75) is 6.54 Å². The van der Waals surface area contributed by atoms with Gasteiger partial charge in [-0.15, -0.1) is 12.6 Å². The van der Waals surface area contributed by atoms with Gasteiger partial charge < -0.3 is 5.32 Å². The fourth-order valence-electron chi connectivity index (χ4n) is 1.35. The van der Waals surface area contributed by atoms with E-state index >= 15 is 0 Å². The molecule has 0 fully saturated rings. The lowest BCUT2D eigenvalue weighted by molar-refractivity contribution is 0.767. The summed E-state index contributed by atoms with van der Waals surface area (Å²) in [7, 11) is 1.87. The highest BCUT2D eigenvalue weighted by molar-refractivity contribution is 9.10. The second kappa shape index (κ2) is 6.01. The lowest BCUT2D eigenvalue weighted by Crippen LogP contribution is -2.06. The molecule has 0 radical (unpaired) electrons. The minimum atomic E-state index is 0.518. The molecule has 18 heavy (non-hydrogen) atoms. The number of pyridine rings is 1. The van der Waals surface area contributed by atoms with Crippen LogP contribution in [0.25, 0.3) is 0 Å². The molecule has 94 valence electrons. The van der Waals surface area contributed by atoms with E-state index in [2.05, 4.69) is 49.0 Å². The van der Waals surface area contributed by atoms with Crippen LogP contribution in [0.3, 0.4) is 0 Å². The van der Waals surface area contributed by atoms with Crippen molar-refractivity contribution in [2.24, 2.45) is 12.0 Å². The summed E-state index contributed by atoms with van der Waals surface area (Å²) >= 11 is 7.57. The molecular weight excluding hydrogens is 314 g/mol. The summed E-state index contributed by atoms with van der Waals surface area (Å²) in [4.78, 5) is 8.53. The van der Waals surface area contributed by atoms with Crippen LogP contribution in [0.15, 0.2) is 40.2 Å². The van der Waals surface area contributed by atoms with Crippen molar-refractivity contribution in [1.82, 2.24) is 14.8 Å². The van der Waals surface area contributed by atoms with Crippen molar-refractivity contribution < 1.29 is 0 Å². The molecule has 0 aliphatic carbocycles. The molecule has 0 unspecified atom stereocenters. The molecule has 2 rings (SSSR count). The Morgan fingerprint density at radius 2 is 2.39 bits per heavy atom. The number of halogens is 1. The molecule has 0 aliphatic rings. The standard InChI is InChI=1S/C11H12BrN5S/c1-17-7-8(6-14-17)5-13-11(18)16-10-4-2-3-9(12)15-10/h2-4,6-7H,5H2,1H3,(H2,13,15,16,18). The van der Waals surface area contributed by atoms with Crippen molar-refractivity contribution in [1.29, 1.82) is 0 Å². The Morgan fingerprint density at radius 3 is 3.06 bits per heavy atom. The first-order chi connectivity index (χ1) is 8.63. The highest BCUT2D eigenvalue weighted by Crippen LogP contribution is 2.10. The summed E-state index contributed by atoms with van der Waals surface area (Å²) in [6.07, 6.45) is 3.70. The molecule has 2 aromatic heterocycles. The number of aromatic nitrogens is 3. The number of amidine groups is 1. The molecule has 2 aromatic rings. The molecule has 0 spiro atoms. The van der Waals surface area contributed by atoms with E-state index < -0.39 is 0 Å². The third kappa shape index (κ3) is 3.85. The summed E-state index contributed by atoms with van der Waals surface area (Å²) in [5.41, 5.74) is 1.04. The SMILES string of the molecule is Cn1cc(CN=C(S)Nc2cccc(Br)n2)cn1. The van der Waals surface area contributed by atoms with E-state index in [0.717, 1.165) is 10.2 Å². The van der Waals surface area contributed by atoms with Gasteiger partial charge in [0, 0.05) is 18.8 Å². The van der Waals surface area contributed by atoms with Crippen LogP contribution in [0.5, 0.6) is 0 Å². The number of anilines is 1. The van der Waals surface area contributed by atoms with E-state index in [1.807, 2.05) is 31.4 Å². The van der Waals surface area contributed by atoms with Crippen molar-refractivity contribution in [2.75, 3.05) is 5.32 Å². The quantitative estimate of drug-likeness (QED) is 0.394. The first-order valence-corrected chi connectivity index (χ1v) is 6.48. The molecule has 7 heteroatoms. The van der Waals surface area contributed by atoms with Gasteiger partial charge in [0.1, 0.15) is 10.4 Å². The molecule has 2 heterocycles. The number of hydrogen-bond acceptors (Lipinski definition) is 3. The van der Waals surface area contributed by atoms with Gasteiger partial charge in [0.05, 0.1) is 12.7 Å². The Bertz CT molecular complexity index is 566. The summed E-state index contributed by atoms with van der Waals surface area (Å²) in [5, 5.41) is 7.60. The predicted molar refractivity (Wildman–Crippen MR) is 78.9 cm³/mol. The smallest absolute Gasteiger partial charge is 0.159 e. The number of nitrogens with one attached hydrogen (secondary N) is 1. The number of rotatable bonds is 3. The van der Waals surface area contributed by atoms with Crippen LogP contribution in [-0.4, -0.2) is 19.9 Å².